The van der Waals surface area contributed by atoms with Crippen molar-refractivity contribution in [3.63, 3.8) is 0 Å². The molecule has 2 amide bonds. The third-order valence-electron chi connectivity index (χ3n) is 8.30. The van der Waals surface area contributed by atoms with Crippen LogP contribution in [0.1, 0.15) is 77.2 Å². The van der Waals surface area contributed by atoms with Crippen molar-refractivity contribution >= 4 is 17.5 Å². The van der Waals surface area contributed by atoms with E-state index in [9.17, 15) is 27.2 Å². The van der Waals surface area contributed by atoms with Gasteiger partial charge in [0.1, 0.15) is 11.6 Å². The quantitative estimate of drug-likeness (QED) is 0.300. The van der Waals surface area contributed by atoms with Crippen LogP contribution in [0.15, 0.2) is 60.7 Å². The fourth-order valence-corrected chi connectivity index (χ4v) is 6.14. The Hall–Kier alpha value is -3.88. The molecule has 2 unspecified atom stereocenters. The Labute approximate surface area is 242 Å². The predicted octanol–water partition coefficient (Wildman–Crippen LogP) is 8.01. The Morgan fingerprint density at radius 3 is 2.29 bits per heavy atom. The van der Waals surface area contributed by atoms with Gasteiger partial charge in [-0.2, -0.15) is 13.2 Å². The molecule has 0 aromatic heterocycles. The maximum Gasteiger partial charge on any atom is 0.416 e. The lowest BCUT2D eigenvalue weighted by Gasteiger charge is -2.41. The molecule has 5 nitrogen and oxygen atoms in total. The fourth-order valence-electron chi connectivity index (χ4n) is 6.14. The number of ether oxygens (including phenoxy) is 1. The van der Waals surface area contributed by atoms with Crippen LogP contribution in [0.25, 0.3) is 0 Å². The van der Waals surface area contributed by atoms with Gasteiger partial charge in [-0.05, 0) is 99.4 Å². The third kappa shape index (κ3) is 6.30. The van der Waals surface area contributed by atoms with E-state index in [4.69, 9.17) is 4.74 Å². The van der Waals surface area contributed by atoms with E-state index in [0.717, 1.165) is 31.7 Å². The summed E-state index contributed by atoms with van der Waals surface area (Å²) in [7, 11) is 0. The molecule has 222 valence electrons. The summed E-state index contributed by atoms with van der Waals surface area (Å²) in [5, 5.41) is 2.66. The third-order valence-corrected chi connectivity index (χ3v) is 8.30. The standard InChI is InChI=1S/C33H34F4N2O3/c1-20-12-15-23(19-27(20)33(35,36)37)38-31(40)26-10-6-18-39(32(41)29-21(2)7-5-11-28(29)34)30(26)22-13-16-25(17-14-22)42-24-8-3-4-9-24/h5,7,11-17,19,24,26,30H,3-4,6,8-10,18H2,1-2H3,(H,38,40). The number of benzene rings is 3. The molecule has 1 aliphatic heterocycles. The molecule has 9 heteroatoms. The van der Waals surface area contributed by atoms with Crippen LogP contribution in [-0.4, -0.2) is 29.4 Å². The second-order valence-corrected chi connectivity index (χ2v) is 11.2. The molecule has 3 aromatic carbocycles. The van der Waals surface area contributed by atoms with Gasteiger partial charge in [-0.25, -0.2) is 4.39 Å². The largest absolute Gasteiger partial charge is 0.490 e. The zero-order chi connectivity index (χ0) is 30.0. The topological polar surface area (TPSA) is 58.6 Å². The van der Waals surface area contributed by atoms with E-state index in [1.54, 1.807) is 13.0 Å². The number of anilines is 1. The summed E-state index contributed by atoms with van der Waals surface area (Å²) in [5.74, 6) is -1.79. The molecule has 1 saturated heterocycles. The number of hydrogen-bond donors (Lipinski definition) is 1. The molecule has 1 aliphatic carbocycles. The second-order valence-electron chi connectivity index (χ2n) is 11.2. The Morgan fingerprint density at radius 1 is 0.905 bits per heavy atom. The van der Waals surface area contributed by atoms with Crippen molar-refractivity contribution in [1.82, 2.24) is 4.90 Å². The predicted molar refractivity (Wildman–Crippen MR) is 152 cm³/mol. The first kappa shape index (κ1) is 29.6. The van der Waals surface area contributed by atoms with E-state index < -0.39 is 41.3 Å². The molecule has 2 aliphatic rings. The van der Waals surface area contributed by atoms with Crippen LogP contribution >= 0.6 is 0 Å². The van der Waals surface area contributed by atoms with Gasteiger partial charge in [-0.1, -0.05) is 30.3 Å². The highest BCUT2D eigenvalue weighted by molar-refractivity contribution is 5.98. The van der Waals surface area contributed by atoms with Crippen LogP contribution in [0.3, 0.4) is 0 Å². The molecular weight excluding hydrogens is 548 g/mol. The summed E-state index contributed by atoms with van der Waals surface area (Å²) in [4.78, 5) is 29.1. The monoisotopic (exact) mass is 582 g/mol. The van der Waals surface area contributed by atoms with E-state index in [2.05, 4.69) is 5.32 Å². The molecule has 2 atom stereocenters. The highest BCUT2D eigenvalue weighted by Gasteiger charge is 2.41. The molecule has 5 rings (SSSR count). The fraction of sp³-hybridized carbons (Fsp3) is 0.394. The summed E-state index contributed by atoms with van der Waals surface area (Å²) >= 11 is 0. The Kier molecular flexibility index (Phi) is 8.57. The van der Waals surface area contributed by atoms with Gasteiger partial charge in [-0.15, -0.1) is 0 Å². The first-order valence-electron chi connectivity index (χ1n) is 14.3. The average molecular weight is 583 g/mol. The Balaban J connectivity index is 1.48. The number of halogens is 4. The van der Waals surface area contributed by atoms with Crippen molar-refractivity contribution in [2.24, 2.45) is 5.92 Å². The number of carbonyl (C=O) groups excluding carboxylic acids is 2. The molecule has 3 aromatic rings. The summed E-state index contributed by atoms with van der Waals surface area (Å²) in [5.41, 5.74) is 0.322. The van der Waals surface area contributed by atoms with Crippen molar-refractivity contribution < 1.29 is 31.9 Å². The number of nitrogens with one attached hydrogen (secondary N) is 1. The molecule has 1 saturated carbocycles. The molecule has 2 fully saturated rings. The van der Waals surface area contributed by atoms with Crippen molar-refractivity contribution in [1.29, 1.82) is 0 Å². The normalized spacial score (nSPS) is 19.5. The summed E-state index contributed by atoms with van der Waals surface area (Å²) < 4.78 is 61.6. The maximum atomic E-state index is 14.9. The van der Waals surface area contributed by atoms with Gasteiger partial charge in [0.25, 0.3) is 5.91 Å². The maximum absolute atomic E-state index is 14.9. The first-order chi connectivity index (χ1) is 20.0. The highest BCUT2D eigenvalue weighted by Crippen LogP contribution is 2.40. The van der Waals surface area contributed by atoms with Crippen LogP contribution in [0.2, 0.25) is 0 Å². The highest BCUT2D eigenvalue weighted by atomic mass is 19.4. The Bertz CT molecular complexity index is 1430. The molecule has 0 radical (unpaired) electrons. The molecular formula is C33H34F4N2O3. The zero-order valence-electron chi connectivity index (χ0n) is 23.6. The van der Waals surface area contributed by atoms with E-state index in [1.165, 1.54) is 36.1 Å². The summed E-state index contributed by atoms with van der Waals surface area (Å²) in [6.07, 6.45) is 0.688. The number of nitrogens with zero attached hydrogens (tertiary/aromatic N) is 1. The SMILES string of the molecule is Cc1ccc(NC(=O)C2CCCN(C(=O)c3c(C)cccc3F)C2c2ccc(OC3CCCC3)cc2)cc1C(F)(F)F. The van der Waals surface area contributed by atoms with Gasteiger partial charge in [0.15, 0.2) is 0 Å². The van der Waals surface area contributed by atoms with Gasteiger partial charge in [0.05, 0.1) is 29.2 Å². The van der Waals surface area contributed by atoms with Crippen LogP contribution in [-0.2, 0) is 11.0 Å². The summed E-state index contributed by atoms with van der Waals surface area (Å²) in [6.45, 7) is 3.31. The average Bonchev–Trinajstić information content (AvgIpc) is 3.46. The molecule has 0 bridgehead atoms. The lowest BCUT2D eigenvalue weighted by Crippen LogP contribution is -2.46. The molecule has 0 spiro atoms. The van der Waals surface area contributed by atoms with E-state index in [-0.39, 0.29) is 22.9 Å². The van der Waals surface area contributed by atoms with E-state index in [1.807, 2.05) is 24.3 Å². The number of amides is 2. The Morgan fingerprint density at radius 2 is 1.62 bits per heavy atom. The van der Waals surface area contributed by atoms with Crippen molar-refractivity contribution in [3.8, 4) is 5.75 Å². The number of likely N-dealkylation sites (tertiary alicyclic amines) is 1. The molecule has 42 heavy (non-hydrogen) atoms. The van der Waals surface area contributed by atoms with Gasteiger partial charge in [-0.3, -0.25) is 9.59 Å². The van der Waals surface area contributed by atoms with Crippen LogP contribution in [0.4, 0.5) is 23.2 Å². The first-order valence-corrected chi connectivity index (χ1v) is 14.3. The number of aryl methyl sites for hydroxylation is 2. The van der Waals surface area contributed by atoms with E-state index >= 15 is 0 Å². The van der Waals surface area contributed by atoms with E-state index in [0.29, 0.717) is 36.3 Å². The van der Waals surface area contributed by atoms with Gasteiger partial charge < -0.3 is 15.0 Å². The van der Waals surface area contributed by atoms with Gasteiger partial charge in [0.2, 0.25) is 5.91 Å². The molecule has 1 heterocycles. The van der Waals surface area contributed by atoms with Crippen LogP contribution in [0.5, 0.6) is 5.75 Å². The van der Waals surface area contributed by atoms with Gasteiger partial charge in [0, 0.05) is 12.2 Å². The van der Waals surface area contributed by atoms with Crippen molar-refractivity contribution in [2.45, 2.75) is 70.7 Å². The van der Waals surface area contributed by atoms with Crippen molar-refractivity contribution in [3.05, 3.63) is 94.3 Å². The molecule has 1 N–H and O–H groups in total. The summed E-state index contributed by atoms with van der Waals surface area (Å²) in [6, 6.07) is 14.6. The lowest BCUT2D eigenvalue weighted by molar-refractivity contribution is -0.138. The zero-order valence-corrected chi connectivity index (χ0v) is 23.6. The number of hydrogen-bond acceptors (Lipinski definition) is 3. The van der Waals surface area contributed by atoms with Gasteiger partial charge >= 0.3 is 6.18 Å². The number of rotatable bonds is 6. The lowest BCUT2D eigenvalue weighted by atomic mass is 9.83. The minimum absolute atomic E-state index is 0.0189. The number of piperidine rings is 1. The van der Waals surface area contributed by atoms with Crippen molar-refractivity contribution in [2.75, 3.05) is 11.9 Å². The van der Waals surface area contributed by atoms with Crippen LogP contribution < -0.4 is 10.1 Å². The smallest absolute Gasteiger partial charge is 0.416 e. The second kappa shape index (κ2) is 12.2. The minimum atomic E-state index is -4.57. The number of carbonyl (C=O) groups is 2. The number of alkyl halides is 3. The minimum Gasteiger partial charge on any atom is -0.490 e. The van der Waals surface area contributed by atoms with Crippen LogP contribution in [0, 0.1) is 25.6 Å².